The molecule has 1 saturated heterocycles. The van der Waals surface area contributed by atoms with Crippen molar-refractivity contribution in [2.75, 3.05) is 26.2 Å². The number of ether oxygens (including phenoxy) is 1. The lowest BCUT2D eigenvalue weighted by Crippen LogP contribution is -2.50. The predicted molar refractivity (Wildman–Crippen MR) is 100 cm³/mol. The van der Waals surface area contributed by atoms with Crippen molar-refractivity contribution in [3.63, 3.8) is 0 Å². The molecule has 0 radical (unpaired) electrons. The summed E-state index contributed by atoms with van der Waals surface area (Å²) >= 11 is 0. The van der Waals surface area contributed by atoms with Crippen molar-refractivity contribution < 1.29 is 9.53 Å². The number of unbranched alkanes of at least 4 members (excludes halogenated alkanes) is 1. The largest absolute Gasteiger partial charge is 0.366 e. The van der Waals surface area contributed by atoms with Crippen LogP contribution < -0.4 is 0 Å². The van der Waals surface area contributed by atoms with E-state index in [0.29, 0.717) is 19.7 Å². The quantitative estimate of drug-likeness (QED) is 0.789. The minimum atomic E-state index is -0.403. The van der Waals surface area contributed by atoms with Gasteiger partial charge < -0.3 is 14.6 Å². The summed E-state index contributed by atoms with van der Waals surface area (Å²) in [6.07, 6.45) is 5.13. The molecule has 0 bridgehead atoms. The van der Waals surface area contributed by atoms with Crippen molar-refractivity contribution in [1.29, 1.82) is 0 Å². The highest BCUT2D eigenvalue weighted by molar-refractivity contribution is 5.81. The molecular formula is C20H28N4O2. The highest BCUT2D eigenvalue weighted by Gasteiger charge is 2.30. The van der Waals surface area contributed by atoms with Crippen molar-refractivity contribution in [2.45, 2.75) is 39.0 Å². The first kappa shape index (κ1) is 18.6. The first-order valence-corrected chi connectivity index (χ1v) is 9.41. The zero-order valence-corrected chi connectivity index (χ0v) is 15.4. The second kappa shape index (κ2) is 9.50. The van der Waals surface area contributed by atoms with Gasteiger partial charge >= 0.3 is 0 Å². The summed E-state index contributed by atoms with van der Waals surface area (Å²) in [6.45, 7) is 6.29. The maximum atomic E-state index is 13.1. The van der Waals surface area contributed by atoms with Crippen molar-refractivity contribution in [3.8, 4) is 0 Å². The van der Waals surface area contributed by atoms with Gasteiger partial charge in [0.25, 0.3) is 5.91 Å². The Morgan fingerprint density at radius 3 is 2.96 bits per heavy atom. The molecule has 0 saturated carbocycles. The number of nitrogens with one attached hydrogen (secondary N) is 1. The van der Waals surface area contributed by atoms with Gasteiger partial charge in [0.15, 0.2) is 0 Å². The maximum absolute atomic E-state index is 13.1. The third kappa shape index (κ3) is 5.16. The molecule has 1 aromatic carbocycles. The normalized spacial score (nSPS) is 18.0. The van der Waals surface area contributed by atoms with Crippen LogP contribution in [0.4, 0.5) is 0 Å². The highest BCUT2D eigenvalue weighted by atomic mass is 16.5. The van der Waals surface area contributed by atoms with Gasteiger partial charge in [-0.1, -0.05) is 43.7 Å². The Hall–Kier alpha value is -2.18. The third-order valence-corrected chi connectivity index (χ3v) is 4.66. The molecule has 1 amide bonds. The summed E-state index contributed by atoms with van der Waals surface area (Å²) in [7, 11) is 0. The van der Waals surface area contributed by atoms with Gasteiger partial charge in [-0.3, -0.25) is 9.69 Å². The van der Waals surface area contributed by atoms with Crippen LogP contribution in [-0.2, 0) is 22.6 Å². The summed E-state index contributed by atoms with van der Waals surface area (Å²) in [4.78, 5) is 24.6. The van der Waals surface area contributed by atoms with E-state index in [1.165, 1.54) is 5.56 Å². The van der Waals surface area contributed by atoms with Gasteiger partial charge in [-0.15, -0.1) is 0 Å². The highest BCUT2D eigenvalue weighted by Crippen LogP contribution is 2.14. The van der Waals surface area contributed by atoms with Crippen molar-refractivity contribution in [1.82, 2.24) is 19.8 Å². The average Bonchev–Trinajstić information content (AvgIpc) is 3.19. The summed E-state index contributed by atoms with van der Waals surface area (Å²) in [5.41, 5.74) is 1.26. The van der Waals surface area contributed by atoms with Crippen LogP contribution in [0.25, 0.3) is 0 Å². The lowest BCUT2D eigenvalue weighted by Gasteiger charge is -2.35. The van der Waals surface area contributed by atoms with Gasteiger partial charge in [-0.05, 0) is 12.0 Å². The second-order valence-corrected chi connectivity index (χ2v) is 6.73. The smallest absolute Gasteiger partial charge is 0.253 e. The average molecular weight is 356 g/mol. The zero-order valence-electron chi connectivity index (χ0n) is 15.4. The number of nitrogens with zero attached hydrogens (tertiary/aromatic N) is 3. The second-order valence-electron chi connectivity index (χ2n) is 6.73. The number of aromatic amines is 1. The molecule has 1 aliphatic rings. The SMILES string of the molecule is CCCCN(Cc1ncc[nH]1)C(=O)C1CN(Cc2ccccc2)CCO1. The number of imidazole rings is 1. The summed E-state index contributed by atoms with van der Waals surface area (Å²) in [5.74, 6) is 0.874. The third-order valence-electron chi connectivity index (χ3n) is 4.66. The number of morpholine rings is 1. The Labute approximate surface area is 155 Å². The Bertz CT molecular complexity index is 660. The number of benzene rings is 1. The standard InChI is InChI=1S/C20H28N4O2/c1-2-3-11-24(16-19-21-9-10-22-19)20(25)18-15-23(12-13-26-18)14-17-7-5-4-6-8-17/h4-10,18H,2-3,11-16H2,1H3,(H,21,22). The van der Waals surface area contributed by atoms with E-state index < -0.39 is 6.10 Å². The number of aromatic nitrogens is 2. The van der Waals surface area contributed by atoms with Crippen LogP contribution in [0, 0.1) is 0 Å². The van der Waals surface area contributed by atoms with E-state index in [1.807, 2.05) is 23.1 Å². The Morgan fingerprint density at radius 1 is 1.38 bits per heavy atom. The van der Waals surface area contributed by atoms with E-state index in [2.05, 4.69) is 33.9 Å². The van der Waals surface area contributed by atoms with Gasteiger partial charge in [0.05, 0.1) is 13.2 Å². The number of rotatable bonds is 8. The Balaban J connectivity index is 1.61. The van der Waals surface area contributed by atoms with Crippen LogP contribution >= 0.6 is 0 Å². The predicted octanol–water partition coefficient (Wildman–Crippen LogP) is 2.44. The molecule has 0 aliphatic carbocycles. The van der Waals surface area contributed by atoms with Gasteiger partial charge in [-0.2, -0.15) is 0 Å². The van der Waals surface area contributed by atoms with Crippen molar-refractivity contribution >= 4 is 5.91 Å². The van der Waals surface area contributed by atoms with E-state index in [0.717, 1.165) is 38.3 Å². The first-order chi connectivity index (χ1) is 12.8. The van der Waals surface area contributed by atoms with Gasteiger partial charge in [0.1, 0.15) is 11.9 Å². The number of hydrogen-bond acceptors (Lipinski definition) is 4. The summed E-state index contributed by atoms with van der Waals surface area (Å²) < 4.78 is 5.82. The number of carbonyl (C=O) groups excluding carboxylic acids is 1. The first-order valence-electron chi connectivity index (χ1n) is 9.41. The van der Waals surface area contributed by atoms with E-state index in [9.17, 15) is 4.79 Å². The molecule has 140 valence electrons. The number of hydrogen-bond donors (Lipinski definition) is 1. The van der Waals surface area contributed by atoms with Crippen molar-refractivity contribution in [2.24, 2.45) is 0 Å². The fraction of sp³-hybridized carbons (Fsp3) is 0.500. The molecule has 2 aromatic rings. The summed E-state index contributed by atoms with van der Waals surface area (Å²) in [6, 6.07) is 10.4. The van der Waals surface area contributed by atoms with Gasteiger partial charge in [-0.25, -0.2) is 4.98 Å². The minimum absolute atomic E-state index is 0.0626. The molecule has 1 atom stereocenters. The lowest BCUT2D eigenvalue weighted by molar-refractivity contribution is -0.150. The van der Waals surface area contributed by atoms with Crippen LogP contribution in [0.5, 0.6) is 0 Å². The maximum Gasteiger partial charge on any atom is 0.253 e. The molecule has 1 unspecified atom stereocenters. The molecule has 1 fully saturated rings. The zero-order chi connectivity index (χ0) is 18.2. The van der Waals surface area contributed by atoms with E-state index in [-0.39, 0.29) is 5.91 Å². The molecule has 1 aliphatic heterocycles. The Kier molecular flexibility index (Phi) is 6.80. The fourth-order valence-electron chi connectivity index (χ4n) is 3.22. The van der Waals surface area contributed by atoms with Crippen LogP contribution in [-0.4, -0.2) is 58.0 Å². The number of H-pyrrole nitrogens is 1. The fourth-order valence-corrected chi connectivity index (χ4v) is 3.22. The van der Waals surface area contributed by atoms with Gasteiger partial charge in [0, 0.05) is 38.6 Å². The van der Waals surface area contributed by atoms with Crippen LogP contribution in [0.1, 0.15) is 31.2 Å². The monoisotopic (exact) mass is 356 g/mol. The molecule has 0 spiro atoms. The molecule has 6 nitrogen and oxygen atoms in total. The summed E-state index contributed by atoms with van der Waals surface area (Å²) in [5, 5.41) is 0. The van der Waals surface area contributed by atoms with Crippen LogP contribution in [0.3, 0.4) is 0 Å². The molecule has 3 rings (SSSR count). The van der Waals surface area contributed by atoms with E-state index in [1.54, 1.807) is 12.4 Å². The molecular weight excluding hydrogens is 328 g/mol. The van der Waals surface area contributed by atoms with E-state index >= 15 is 0 Å². The molecule has 2 heterocycles. The number of amides is 1. The molecule has 1 N–H and O–H groups in total. The topological polar surface area (TPSA) is 61.5 Å². The molecule has 26 heavy (non-hydrogen) atoms. The lowest BCUT2D eigenvalue weighted by atomic mass is 10.1. The molecule has 1 aromatic heterocycles. The molecule has 6 heteroatoms. The van der Waals surface area contributed by atoms with Crippen LogP contribution in [0.15, 0.2) is 42.7 Å². The van der Waals surface area contributed by atoms with Gasteiger partial charge in [0.2, 0.25) is 0 Å². The van der Waals surface area contributed by atoms with E-state index in [4.69, 9.17) is 4.74 Å². The van der Waals surface area contributed by atoms with Crippen LogP contribution in [0.2, 0.25) is 0 Å². The number of carbonyl (C=O) groups is 1. The van der Waals surface area contributed by atoms with Crippen molar-refractivity contribution in [3.05, 3.63) is 54.1 Å². The minimum Gasteiger partial charge on any atom is -0.366 e. The Morgan fingerprint density at radius 2 is 2.23 bits per heavy atom.